The summed E-state index contributed by atoms with van der Waals surface area (Å²) in [5.74, 6) is 0. The average Bonchev–Trinajstić information content (AvgIpc) is 2.96. The van der Waals surface area contributed by atoms with Crippen LogP contribution in [-0.4, -0.2) is 11.2 Å². The van der Waals surface area contributed by atoms with Gasteiger partial charge in [0.15, 0.2) is 5.58 Å². The minimum Gasteiger partial charge on any atom is -0.356 e. The van der Waals surface area contributed by atoms with E-state index < -0.39 is 0 Å². The second kappa shape index (κ2) is 6.52. The number of nitrogens with zero attached hydrogens (tertiary/aromatic N) is 1. The number of hydrogen-bond donors (Lipinski definition) is 2. The Morgan fingerprint density at radius 2 is 1.96 bits per heavy atom. The van der Waals surface area contributed by atoms with Gasteiger partial charge in [0.25, 0.3) is 0 Å². The zero-order chi connectivity index (χ0) is 16.2. The van der Waals surface area contributed by atoms with Gasteiger partial charge in [-0.2, -0.15) is 0 Å². The lowest BCUT2D eigenvalue weighted by Gasteiger charge is -2.07. The molecule has 0 radical (unpaired) electrons. The first-order valence-electron chi connectivity index (χ1n) is 7.64. The van der Waals surface area contributed by atoms with E-state index >= 15 is 0 Å². The number of aryl methyl sites for hydroxylation is 2. The van der Waals surface area contributed by atoms with E-state index in [-0.39, 0.29) is 6.03 Å². The molecular weight excluding hydrogens is 290 g/mol. The molecule has 0 saturated carbocycles. The van der Waals surface area contributed by atoms with Crippen molar-refractivity contribution in [2.45, 2.75) is 26.8 Å². The summed E-state index contributed by atoms with van der Waals surface area (Å²) in [6.45, 7) is 4.42. The highest BCUT2D eigenvalue weighted by molar-refractivity contribution is 5.89. The number of hydrogen-bond acceptors (Lipinski definition) is 3. The maximum Gasteiger partial charge on any atom is 0.319 e. The van der Waals surface area contributed by atoms with Crippen LogP contribution in [0.4, 0.5) is 10.5 Å². The van der Waals surface area contributed by atoms with Gasteiger partial charge in [-0.15, -0.1) is 0 Å². The summed E-state index contributed by atoms with van der Waals surface area (Å²) in [6.07, 6.45) is 0.977. The van der Waals surface area contributed by atoms with Gasteiger partial charge in [0, 0.05) is 11.1 Å². The van der Waals surface area contributed by atoms with Crippen molar-refractivity contribution in [2.24, 2.45) is 0 Å². The number of nitrogens with one attached hydrogen (secondary N) is 2. The molecule has 118 valence electrons. The van der Waals surface area contributed by atoms with Crippen LogP contribution in [0.5, 0.6) is 0 Å². The third kappa shape index (κ3) is 3.51. The highest BCUT2D eigenvalue weighted by Crippen LogP contribution is 2.19. The van der Waals surface area contributed by atoms with Crippen molar-refractivity contribution in [1.29, 1.82) is 0 Å². The van der Waals surface area contributed by atoms with Gasteiger partial charge >= 0.3 is 6.03 Å². The van der Waals surface area contributed by atoms with Crippen LogP contribution in [0.3, 0.4) is 0 Å². The molecule has 2 N–H and O–H groups in total. The monoisotopic (exact) mass is 309 g/mol. The van der Waals surface area contributed by atoms with Crippen LogP contribution in [0.25, 0.3) is 11.0 Å². The number of carbonyl (C=O) groups is 1. The van der Waals surface area contributed by atoms with E-state index in [9.17, 15) is 4.79 Å². The summed E-state index contributed by atoms with van der Waals surface area (Å²) in [6, 6.07) is 13.4. The number of anilines is 1. The van der Waals surface area contributed by atoms with Gasteiger partial charge in [-0.1, -0.05) is 35.8 Å². The molecule has 0 aliphatic rings. The standard InChI is InChI=1S/C18H19N3O2/c1-3-13-5-7-14(8-6-13)20-18(22)19-11-16-15-10-12(2)4-9-17(15)23-21-16/h4-10H,3,11H2,1-2H3,(H2,19,20,22). The maximum absolute atomic E-state index is 12.0. The summed E-state index contributed by atoms with van der Waals surface area (Å²) >= 11 is 0. The first kappa shape index (κ1) is 15.1. The smallest absolute Gasteiger partial charge is 0.319 e. The predicted octanol–water partition coefficient (Wildman–Crippen LogP) is 4.02. The molecule has 0 aliphatic heterocycles. The Hall–Kier alpha value is -2.82. The van der Waals surface area contributed by atoms with Crippen molar-refractivity contribution in [3.05, 3.63) is 59.3 Å². The number of fused-ring (bicyclic) bond motifs is 1. The van der Waals surface area contributed by atoms with Gasteiger partial charge in [-0.3, -0.25) is 0 Å². The van der Waals surface area contributed by atoms with Crippen LogP contribution in [0.1, 0.15) is 23.7 Å². The molecule has 23 heavy (non-hydrogen) atoms. The largest absolute Gasteiger partial charge is 0.356 e. The number of rotatable bonds is 4. The Morgan fingerprint density at radius 3 is 2.70 bits per heavy atom. The maximum atomic E-state index is 12.0. The molecule has 0 saturated heterocycles. The molecule has 3 aromatic rings. The third-order valence-corrected chi connectivity index (χ3v) is 3.74. The fourth-order valence-corrected chi connectivity index (χ4v) is 2.39. The van der Waals surface area contributed by atoms with E-state index in [2.05, 4.69) is 22.7 Å². The number of amides is 2. The molecule has 2 aromatic carbocycles. The minimum atomic E-state index is -0.266. The van der Waals surface area contributed by atoms with Crippen LogP contribution in [0.2, 0.25) is 0 Å². The number of carbonyl (C=O) groups excluding carboxylic acids is 1. The average molecular weight is 309 g/mol. The van der Waals surface area contributed by atoms with E-state index in [1.54, 1.807) is 0 Å². The fraction of sp³-hybridized carbons (Fsp3) is 0.222. The summed E-state index contributed by atoms with van der Waals surface area (Å²) in [4.78, 5) is 12.0. The van der Waals surface area contributed by atoms with Gasteiger partial charge in [0.1, 0.15) is 5.69 Å². The molecule has 1 heterocycles. The van der Waals surface area contributed by atoms with E-state index in [1.807, 2.05) is 49.4 Å². The Morgan fingerprint density at radius 1 is 1.17 bits per heavy atom. The van der Waals surface area contributed by atoms with Gasteiger partial charge in [-0.05, 0) is 43.2 Å². The normalized spacial score (nSPS) is 10.7. The molecule has 5 nitrogen and oxygen atoms in total. The second-order valence-corrected chi connectivity index (χ2v) is 5.49. The quantitative estimate of drug-likeness (QED) is 0.765. The van der Waals surface area contributed by atoms with Gasteiger partial charge in [0.05, 0.1) is 6.54 Å². The Balaban J connectivity index is 1.62. The van der Waals surface area contributed by atoms with Crippen molar-refractivity contribution in [1.82, 2.24) is 10.5 Å². The van der Waals surface area contributed by atoms with Gasteiger partial charge in [-0.25, -0.2) is 4.79 Å². The lowest BCUT2D eigenvalue weighted by atomic mass is 10.1. The zero-order valence-corrected chi connectivity index (χ0v) is 13.2. The Kier molecular flexibility index (Phi) is 4.28. The minimum absolute atomic E-state index is 0.266. The number of aromatic nitrogens is 1. The summed E-state index contributed by atoms with van der Waals surface area (Å²) in [5, 5.41) is 10.6. The molecule has 0 aliphatic carbocycles. The van der Waals surface area contributed by atoms with Crippen LogP contribution >= 0.6 is 0 Å². The highest BCUT2D eigenvalue weighted by Gasteiger charge is 2.09. The molecular formula is C18H19N3O2. The molecule has 0 unspecified atom stereocenters. The summed E-state index contributed by atoms with van der Waals surface area (Å²) in [5.41, 5.74) is 4.58. The number of benzene rings is 2. The molecule has 0 spiro atoms. The predicted molar refractivity (Wildman–Crippen MR) is 90.4 cm³/mol. The van der Waals surface area contributed by atoms with Crippen molar-refractivity contribution in [2.75, 3.05) is 5.32 Å². The first-order valence-corrected chi connectivity index (χ1v) is 7.64. The van der Waals surface area contributed by atoms with Crippen molar-refractivity contribution in [3.8, 4) is 0 Å². The van der Waals surface area contributed by atoms with E-state index in [1.165, 1.54) is 5.56 Å². The van der Waals surface area contributed by atoms with Crippen LogP contribution < -0.4 is 10.6 Å². The molecule has 0 bridgehead atoms. The van der Waals surface area contributed by atoms with Crippen molar-refractivity contribution < 1.29 is 9.32 Å². The topological polar surface area (TPSA) is 67.2 Å². The first-order chi connectivity index (χ1) is 11.2. The van der Waals surface area contributed by atoms with E-state index in [0.29, 0.717) is 6.54 Å². The zero-order valence-electron chi connectivity index (χ0n) is 13.2. The summed E-state index contributed by atoms with van der Waals surface area (Å²) < 4.78 is 5.26. The Bertz CT molecular complexity index is 822. The van der Waals surface area contributed by atoms with E-state index in [4.69, 9.17) is 4.52 Å². The molecule has 5 heteroatoms. The Labute approximate surface area is 134 Å². The van der Waals surface area contributed by atoms with Crippen LogP contribution in [-0.2, 0) is 13.0 Å². The molecule has 1 aromatic heterocycles. The second-order valence-electron chi connectivity index (χ2n) is 5.49. The highest BCUT2D eigenvalue weighted by atomic mass is 16.5. The number of urea groups is 1. The summed E-state index contributed by atoms with van der Waals surface area (Å²) in [7, 11) is 0. The van der Waals surface area contributed by atoms with E-state index in [0.717, 1.165) is 34.3 Å². The van der Waals surface area contributed by atoms with Gasteiger partial charge in [0.2, 0.25) is 0 Å². The van der Waals surface area contributed by atoms with Crippen molar-refractivity contribution in [3.63, 3.8) is 0 Å². The lowest BCUT2D eigenvalue weighted by Crippen LogP contribution is -2.28. The molecule has 0 fully saturated rings. The molecule has 0 atom stereocenters. The lowest BCUT2D eigenvalue weighted by molar-refractivity contribution is 0.251. The third-order valence-electron chi connectivity index (χ3n) is 3.74. The molecule has 3 rings (SSSR count). The fourth-order valence-electron chi connectivity index (χ4n) is 2.39. The molecule has 2 amide bonds. The van der Waals surface area contributed by atoms with Gasteiger partial charge < -0.3 is 15.2 Å². The van der Waals surface area contributed by atoms with Crippen LogP contribution in [0.15, 0.2) is 47.0 Å². The SMILES string of the molecule is CCc1ccc(NC(=O)NCc2noc3ccc(C)cc23)cc1. The van der Waals surface area contributed by atoms with Crippen molar-refractivity contribution >= 4 is 22.7 Å². The van der Waals surface area contributed by atoms with Crippen LogP contribution in [0, 0.1) is 6.92 Å².